The number of nitrogens with one attached hydrogen (secondary N) is 1. The lowest BCUT2D eigenvalue weighted by molar-refractivity contribution is -0.129. The molecule has 0 spiro atoms. The van der Waals surface area contributed by atoms with Crippen molar-refractivity contribution >= 4 is 11.8 Å². The number of carbonyl (C=O) groups excluding carboxylic acids is 2. The van der Waals surface area contributed by atoms with Crippen LogP contribution in [0.25, 0.3) is 0 Å². The minimum absolute atomic E-state index is 0.0180. The van der Waals surface area contributed by atoms with Crippen molar-refractivity contribution in [3.05, 3.63) is 59.7 Å². The summed E-state index contributed by atoms with van der Waals surface area (Å²) >= 11 is 0. The largest absolute Gasteiger partial charge is 0.497 e. The highest BCUT2D eigenvalue weighted by Crippen LogP contribution is 2.34. The second-order valence-corrected chi connectivity index (χ2v) is 9.44. The number of methoxy groups -OCH3 is 2. The molecule has 7 nitrogen and oxygen atoms in total. The van der Waals surface area contributed by atoms with E-state index in [-0.39, 0.29) is 30.2 Å². The number of piperidine rings is 1. The molecule has 2 aliphatic rings. The first kappa shape index (κ1) is 25.0. The van der Waals surface area contributed by atoms with E-state index in [4.69, 9.17) is 9.47 Å². The van der Waals surface area contributed by atoms with Crippen LogP contribution in [-0.4, -0.2) is 68.6 Å². The van der Waals surface area contributed by atoms with Crippen LogP contribution in [0.2, 0.25) is 0 Å². The van der Waals surface area contributed by atoms with Crippen molar-refractivity contribution in [2.24, 2.45) is 5.92 Å². The average Bonchev–Trinajstić information content (AvgIpc) is 3.29. The highest BCUT2D eigenvalue weighted by Gasteiger charge is 2.35. The summed E-state index contributed by atoms with van der Waals surface area (Å²) in [6.07, 6.45) is 4.59. The average molecular weight is 480 g/mol. The first-order valence-electron chi connectivity index (χ1n) is 12.6. The Morgan fingerprint density at radius 2 is 1.83 bits per heavy atom. The molecule has 1 N–H and O–H groups in total. The highest BCUT2D eigenvalue weighted by atomic mass is 16.5. The summed E-state index contributed by atoms with van der Waals surface area (Å²) in [5, 5.41) is 3.17. The number of carbonyl (C=O) groups is 2. The summed E-state index contributed by atoms with van der Waals surface area (Å²) in [5.74, 6) is 1.25. The molecule has 35 heavy (non-hydrogen) atoms. The first-order valence-corrected chi connectivity index (χ1v) is 12.6. The van der Waals surface area contributed by atoms with Gasteiger partial charge in [0.1, 0.15) is 11.5 Å². The van der Waals surface area contributed by atoms with E-state index >= 15 is 0 Å². The molecule has 2 amide bonds. The van der Waals surface area contributed by atoms with Crippen molar-refractivity contribution in [3.63, 3.8) is 0 Å². The second kappa shape index (κ2) is 12.1. The SMILES string of the molecule is COc1ccc(OC)c(C(CNC(=O)C2CC(=O)N(CCc3ccccc3)C2)N2CCCCC2)c1. The van der Waals surface area contributed by atoms with Gasteiger partial charge < -0.3 is 19.7 Å². The fourth-order valence-electron chi connectivity index (χ4n) is 5.18. The summed E-state index contributed by atoms with van der Waals surface area (Å²) in [7, 11) is 3.33. The van der Waals surface area contributed by atoms with Crippen LogP contribution in [0.4, 0.5) is 0 Å². The van der Waals surface area contributed by atoms with E-state index in [1.54, 1.807) is 14.2 Å². The molecule has 2 unspecified atom stereocenters. The number of hydrogen-bond donors (Lipinski definition) is 1. The second-order valence-electron chi connectivity index (χ2n) is 9.44. The van der Waals surface area contributed by atoms with Gasteiger partial charge in [-0.25, -0.2) is 0 Å². The van der Waals surface area contributed by atoms with Crippen LogP contribution >= 0.6 is 0 Å². The minimum atomic E-state index is -0.313. The number of rotatable bonds is 10. The van der Waals surface area contributed by atoms with Crippen LogP contribution < -0.4 is 14.8 Å². The van der Waals surface area contributed by atoms with Crippen LogP contribution in [0.15, 0.2) is 48.5 Å². The fraction of sp³-hybridized carbons (Fsp3) is 0.500. The molecule has 0 saturated carbocycles. The van der Waals surface area contributed by atoms with E-state index in [0.717, 1.165) is 49.4 Å². The molecule has 7 heteroatoms. The third-order valence-corrected chi connectivity index (χ3v) is 7.20. The Bertz CT molecular complexity index is 991. The summed E-state index contributed by atoms with van der Waals surface area (Å²) in [5.41, 5.74) is 2.21. The molecular weight excluding hydrogens is 442 g/mol. The lowest BCUT2D eigenvalue weighted by Gasteiger charge is -2.36. The Morgan fingerprint density at radius 1 is 1.06 bits per heavy atom. The number of ether oxygens (including phenoxy) is 2. The molecule has 4 rings (SSSR count). The molecule has 2 atom stereocenters. The molecule has 188 valence electrons. The Morgan fingerprint density at radius 3 is 2.54 bits per heavy atom. The molecule has 2 saturated heterocycles. The van der Waals surface area contributed by atoms with Crippen molar-refractivity contribution in [1.29, 1.82) is 0 Å². The van der Waals surface area contributed by atoms with Gasteiger partial charge in [-0.3, -0.25) is 14.5 Å². The molecule has 0 bridgehead atoms. The summed E-state index contributed by atoms with van der Waals surface area (Å²) in [4.78, 5) is 30.0. The number of likely N-dealkylation sites (tertiary alicyclic amines) is 2. The van der Waals surface area contributed by atoms with Gasteiger partial charge in [0.05, 0.1) is 26.2 Å². The smallest absolute Gasteiger partial charge is 0.225 e. The van der Waals surface area contributed by atoms with Gasteiger partial charge in [-0.05, 0) is 56.1 Å². The fourth-order valence-corrected chi connectivity index (χ4v) is 5.18. The zero-order valence-corrected chi connectivity index (χ0v) is 20.9. The summed E-state index contributed by atoms with van der Waals surface area (Å²) in [6, 6.07) is 15.9. The number of nitrogens with zero attached hydrogens (tertiary/aromatic N) is 2. The Hall–Kier alpha value is -3.06. The first-order chi connectivity index (χ1) is 17.1. The van der Waals surface area contributed by atoms with Crippen LogP contribution in [0.1, 0.15) is 42.9 Å². The van der Waals surface area contributed by atoms with Crippen molar-refractivity contribution in [2.75, 3.05) is 46.9 Å². The van der Waals surface area contributed by atoms with E-state index in [1.807, 2.05) is 41.3 Å². The zero-order chi connectivity index (χ0) is 24.6. The van der Waals surface area contributed by atoms with Crippen LogP contribution in [0, 0.1) is 5.92 Å². The maximum absolute atomic E-state index is 13.1. The van der Waals surface area contributed by atoms with Crippen LogP contribution in [0.5, 0.6) is 11.5 Å². The van der Waals surface area contributed by atoms with Gasteiger partial charge in [-0.1, -0.05) is 36.8 Å². The Balaban J connectivity index is 1.40. The molecule has 0 radical (unpaired) electrons. The van der Waals surface area contributed by atoms with E-state index in [1.165, 1.54) is 12.0 Å². The van der Waals surface area contributed by atoms with Gasteiger partial charge in [0.15, 0.2) is 0 Å². The van der Waals surface area contributed by atoms with Crippen molar-refractivity contribution in [1.82, 2.24) is 15.1 Å². The summed E-state index contributed by atoms with van der Waals surface area (Å²) < 4.78 is 11.1. The van der Waals surface area contributed by atoms with Crippen molar-refractivity contribution < 1.29 is 19.1 Å². The standard InChI is InChI=1S/C28H37N3O4/c1-34-23-11-12-26(35-2)24(18-23)25(30-14-7-4-8-15-30)19-29-28(33)22-17-27(32)31(20-22)16-13-21-9-5-3-6-10-21/h3,5-6,9-12,18,22,25H,4,7-8,13-17,19-20H2,1-2H3,(H,29,33). The van der Waals surface area contributed by atoms with E-state index in [2.05, 4.69) is 22.3 Å². The molecule has 0 aromatic heterocycles. The Labute approximate surface area is 208 Å². The zero-order valence-electron chi connectivity index (χ0n) is 20.9. The van der Waals surface area contributed by atoms with Gasteiger partial charge in [0.25, 0.3) is 0 Å². The molecule has 2 aliphatic heterocycles. The third kappa shape index (κ3) is 6.34. The maximum atomic E-state index is 13.1. The van der Waals surface area contributed by atoms with Crippen LogP contribution in [-0.2, 0) is 16.0 Å². The number of hydrogen-bond acceptors (Lipinski definition) is 5. The lowest BCUT2D eigenvalue weighted by atomic mass is 9.99. The van der Waals surface area contributed by atoms with Crippen molar-refractivity contribution in [2.45, 2.75) is 38.1 Å². The molecule has 2 heterocycles. The predicted molar refractivity (Wildman–Crippen MR) is 136 cm³/mol. The van der Waals surface area contributed by atoms with E-state index < -0.39 is 0 Å². The molecule has 2 aromatic carbocycles. The topological polar surface area (TPSA) is 71.1 Å². The quantitative estimate of drug-likeness (QED) is 0.565. The Kier molecular flexibility index (Phi) is 8.64. The van der Waals surface area contributed by atoms with Gasteiger partial charge in [0.2, 0.25) is 11.8 Å². The van der Waals surface area contributed by atoms with Gasteiger partial charge >= 0.3 is 0 Å². The van der Waals surface area contributed by atoms with Crippen LogP contribution in [0.3, 0.4) is 0 Å². The monoisotopic (exact) mass is 479 g/mol. The number of benzene rings is 2. The molecule has 2 aromatic rings. The van der Waals surface area contributed by atoms with Gasteiger partial charge in [0, 0.05) is 31.6 Å². The maximum Gasteiger partial charge on any atom is 0.225 e. The molecule has 2 fully saturated rings. The minimum Gasteiger partial charge on any atom is -0.497 e. The summed E-state index contributed by atoms with van der Waals surface area (Å²) in [6.45, 7) is 3.56. The van der Waals surface area contributed by atoms with E-state index in [9.17, 15) is 9.59 Å². The molecule has 0 aliphatic carbocycles. The highest BCUT2D eigenvalue weighted by molar-refractivity contribution is 5.89. The third-order valence-electron chi connectivity index (χ3n) is 7.20. The van der Waals surface area contributed by atoms with Gasteiger partial charge in [-0.2, -0.15) is 0 Å². The number of amides is 2. The van der Waals surface area contributed by atoms with Gasteiger partial charge in [-0.15, -0.1) is 0 Å². The lowest BCUT2D eigenvalue weighted by Crippen LogP contribution is -2.42. The normalized spacial score (nSPS) is 19.4. The van der Waals surface area contributed by atoms with E-state index in [0.29, 0.717) is 19.6 Å². The molecular formula is C28H37N3O4. The van der Waals surface area contributed by atoms with Crippen molar-refractivity contribution in [3.8, 4) is 11.5 Å². The predicted octanol–water partition coefficient (Wildman–Crippen LogP) is 3.44.